The van der Waals surface area contributed by atoms with E-state index < -0.39 is 5.97 Å². The third-order valence-electron chi connectivity index (χ3n) is 4.41. The average Bonchev–Trinajstić information content (AvgIpc) is 3.11. The zero-order valence-electron chi connectivity index (χ0n) is 14.9. The molecule has 9 heteroatoms. The molecular formula is C18H20FN3O4S. The molecule has 27 heavy (non-hydrogen) atoms. The summed E-state index contributed by atoms with van der Waals surface area (Å²) in [6.45, 7) is 2.21. The highest BCUT2D eigenvalue weighted by Gasteiger charge is 2.28. The van der Waals surface area contributed by atoms with Crippen LogP contribution in [0.3, 0.4) is 0 Å². The molecule has 0 bridgehead atoms. The fraction of sp³-hybridized carbons (Fsp3) is 0.444. The van der Waals surface area contributed by atoms with Gasteiger partial charge in [0.25, 0.3) is 0 Å². The third-order valence-corrected chi connectivity index (χ3v) is 5.50. The fourth-order valence-electron chi connectivity index (χ4n) is 2.92. The fourth-order valence-corrected chi connectivity index (χ4v) is 3.98. The number of benzene rings is 1. The number of hydrogen-bond donors (Lipinski definition) is 1. The van der Waals surface area contributed by atoms with Gasteiger partial charge in [0.1, 0.15) is 5.82 Å². The molecule has 0 spiro atoms. The highest BCUT2D eigenvalue weighted by Crippen LogP contribution is 2.22. The molecule has 1 atom stereocenters. The molecule has 0 aliphatic carbocycles. The van der Waals surface area contributed by atoms with Crippen molar-refractivity contribution in [1.82, 2.24) is 15.0 Å². The van der Waals surface area contributed by atoms with E-state index >= 15 is 0 Å². The molecular weight excluding hydrogens is 373 g/mol. The van der Waals surface area contributed by atoms with E-state index in [-0.39, 0.29) is 42.9 Å². The van der Waals surface area contributed by atoms with Crippen LogP contribution in [0.4, 0.5) is 4.39 Å². The Hall–Kier alpha value is -2.42. The highest BCUT2D eigenvalue weighted by atomic mass is 32.2. The van der Waals surface area contributed by atoms with Crippen LogP contribution in [0, 0.1) is 12.7 Å². The number of aryl methyl sites for hydroxylation is 2. The van der Waals surface area contributed by atoms with E-state index in [1.165, 1.54) is 6.07 Å². The molecule has 0 radical (unpaired) electrons. The van der Waals surface area contributed by atoms with Gasteiger partial charge in [0.15, 0.2) is 0 Å². The zero-order valence-corrected chi connectivity index (χ0v) is 15.7. The van der Waals surface area contributed by atoms with E-state index in [0.717, 1.165) is 5.75 Å². The number of hydrogen-bond acceptors (Lipinski definition) is 6. The molecule has 1 saturated heterocycles. The largest absolute Gasteiger partial charge is 0.481 e. The van der Waals surface area contributed by atoms with E-state index in [1.807, 2.05) is 0 Å². The van der Waals surface area contributed by atoms with Crippen molar-refractivity contribution in [2.24, 2.45) is 0 Å². The van der Waals surface area contributed by atoms with Crippen LogP contribution >= 0.6 is 11.8 Å². The van der Waals surface area contributed by atoms with Gasteiger partial charge in [-0.25, -0.2) is 4.39 Å². The molecule has 1 amide bonds. The van der Waals surface area contributed by atoms with Gasteiger partial charge in [-0.15, -0.1) is 0 Å². The molecule has 1 aliphatic heterocycles. The number of aromatic nitrogens is 2. The summed E-state index contributed by atoms with van der Waals surface area (Å²) < 4.78 is 18.8. The number of rotatable bonds is 6. The third kappa shape index (κ3) is 4.85. The van der Waals surface area contributed by atoms with Crippen LogP contribution in [0.1, 0.15) is 24.3 Å². The van der Waals surface area contributed by atoms with Crippen molar-refractivity contribution in [3.63, 3.8) is 0 Å². The molecule has 3 rings (SSSR count). The molecule has 1 N–H and O–H groups in total. The predicted molar refractivity (Wildman–Crippen MR) is 97.8 cm³/mol. The first-order valence-electron chi connectivity index (χ1n) is 8.62. The van der Waals surface area contributed by atoms with Gasteiger partial charge in [-0.3, -0.25) is 9.59 Å². The Kier molecular flexibility index (Phi) is 6.10. The zero-order chi connectivity index (χ0) is 19.4. The Balaban J connectivity index is 1.61. The maximum atomic E-state index is 13.7. The predicted octanol–water partition coefficient (Wildman–Crippen LogP) is 2.54. The van der Waals surface area contributed by atoms with Crippen LogP contribution in [0.25, 0.3) is 11.4 Å². The lowest BCUT2D eigenvalue weighted by atomic mass is 10.1. The number of nitrogens with zero attached hydrogens (tertiary/aromatic N) is 3. The number of halogens is 1. The van der Waals surface area contributed by atoms with E-state index in [9.17, 15) is 14.0 Å². The lowest BCUT2D eigenvalue weighted by Crippen LogP contribution is -2.47. The van der Waals surface area contributed by atoms with Crippen molar-refractivity contribution in [1.29, 1.82) is 0 Å². The van der Waals surface area contributed by atoms with Gasteiger partial charge in [0.05, 0.1) is 12.5 Å². The molecule has 144 valence electrons. The molecule has 0 saturated carbocycles. The minimum absolute atomic E-state index is 0.0531. The molecule has 1 aromatic heterocycles. The number of amides is 1. The van der Waals surface area contributed by atoms with Crippen LogP contribution in [0.2, 0.25) is 0 Å². The summed E-state index contributed by atoms with van der Waals surface area (Å²) >= 11 is 1.65. The lowest BCUT2D eigenvalue weighted by molar-refractivity contribution is -0.140. The second-order valence-corrected chi connectivity index (χ2v) is 7.54. The van der Waals surface area contributed by atoms with Crippen LogP contribution in [0.15, 0.2) is 22.7 Å². The van der Waals surface area contributed by atoms with Crippen LogP contribution in [0.5, 0.6) is 0 Å². The molecule has 1 aliphatic rings. The van der Waals surface area contributed by atoms with E-state index in [2.05, 4.69) is 10.1 Å². The van der Waals surface area contributed by atoms with Crippen LogP contribution < -0.4 is 0 Å². The van der Waals surface area contributed by atoms with Crippen molar-refractivity contribution in [2.45, 2.75) is 32.2 Å². The van der Waals surface area contributed by atoms with Crippen LogP contribution in [-0.2, 0) is 16.0 Å². The quantitative estimate of drug-likeness (QED) is 0.805. The second-order valence-electron chi connectivity index (χ2n) is 6.39. The number of carbonyl (C=O) groups is 2. The summed E-state index contributed by atoms with van der Waals surface area (Å²) in [6, 6.07) is 4.40. The van der Waals surface area contributed by atoms with Gasteiger partial charge in [-0.2, -0.15) is 16.7 Å². The van der Waals surface area contributed by atoms with Gasteiger partial charge < -0.3 is 14.5 Å². The van der Waals surface area contributed by atoms with E-state index in [4.69, 9.17) is 9.63 Å². The summed E-state index contributed by atoms with van der Waals surface area (Å²) in [6.07, 6.45) is 0.358. The van der Waals surface area contributed by atoms with Gasteiger partial charge in [-0.1, -0.05) is 17.3 Å². The van der Waals surface area contributed by atoms with Crippen molar-refractivity contribution < 1.29 is 23.6 Å². The minimum atomic E-state index is -0.910. The van der Waals surface area contributed by atoms with Crippen molar-refractivity contribution in [3.8, 4) is 11.4 Å². The molecule has 1 aromatic carbocycles. The first-order chi connectivity index (χ1) is 12.9. The van der Waals surface area contributed by atoms with Crippen molar-refractivity contribution in [3.05, 3.63) is 35.5 Å². The summed E-state index contributed by atoms with van der Waals surface area (Å²) in [5, 5.41) is 12.9. The normalized spacial score (nSPS) is 17.1. The van der Waals surface area contributed by atoms with E-state index in [0.29, 0.717) is 29.3 Å². The number of carboxylic acid groups (broad SMARTS) is 1. The first-order valence-corrected chi connectivity index (χ1v) is 9.77. The smallest absolute Gasteiger partial charge is 0.305 e. The Morgan fingerprint density at radius 3 is 3.00 bits per heavy atom. The van der Waals surface area contributed by atoms with Gasteiger partial charge in [0.2, 0.25) is 17.6 Å². The second kappa shape index (κ2) is 8.51. The number of thioether (sulfide) groups is 1. The Morgan fingerprint density at radius 1 is 1.44 bits per heavy atom. The standard InChI is InChI=1S/C18H20FN3O4S/c1-11-2-3-12(8-14(11)19)18-20-15(26-21-18)4-5-16(23)22-6-7-27-10-13(22)9-17(24)25/h2-3,8,13H,4-7,9-10H2,1H3,(H,24,25). The molecule has 1 unspecified atom stereocenters. The van der Waals surface area contributed by atoms with Crippen molar-refractivity contribution >= 4 is 23.6 Å². The topological polar surface area (TPSA) is 96.5 Å². The highest BCUT2D eigenvalue weighted by molar-refractivity contribution is 7.99. The Morgan fingerprint density at radius 2 is 2.26 bits per heavy atom. The Bertz CT molecular complexity index is 842. The van der Waals surface area contributed by atoms with Gasteiger partial charge >= 0.3 is 5.97 Å². The number of carboxylic acids is 1. The molecule has 7 nitrogen and oxygen atoms in total. The number of aliphatic carboxylic acids is 1. The molecule has 2 heterocycles. The van der Waals surface area contributed by atoms with Crippen LogP contribution in [-0.4, -0.2) is 56.1 Å². The molecule has 2 aromatic rings. The maximum absolute atomic E-state index is 13.7. The van der Waals surface area contributed by atoms with Crippen molar-refractivity contribution in [2.75, 3.05) is 18.1 Å². The lowest BCUT2D eigenvalue weighted by Gasteiger charge is -2.34. The summed E-state index contributed by atoms with van der Waals surface area (Å²) in [5.41, 5.74) is 1.04. The monoisotopic (exact) mass is 393 g/mol. The average molecular weight is 393 g/mol. The summed E-state index contributed by atoms with van der Waals surface area (Å²) in [4.78, 5) is 29.4. The summed E-state index contributed by atoms with van der Waals surface area (Å²) in [5.74, 6) is 0.610. The minimum Gasteiger partial charge on any atom is -0.481 e. The summed E-state index contributed by atoms with van der Waals surface area (Å²) in [7, 11) is 0. The number of carbonyl (C=O) groups excluding carboxylic acids is 1. The maximum Gasteiger partial charge on any atom is 0.305 e. The van der Waals surface area contributed by atoms with E-state index in [1.54, 1.807) is 35.7 Å². The molecule has 1 fully saturated rings. The van der Waals surface area contributed by atoms with Gasteiger partial charge in [0, 0.05) is 36.5 Å². The first kappa shape index (κ1) is 19.3. The Labute approximate surface area is 159 Å². The SMILES string of the molecule is Cc1ccc(-c2noc(CCC(=O)N3CCSCC3CC(=O)O)n2)cc1F. The van der Waals surface area contributed by atoms with Gasteiger partial charge in [-0.05, 0) is 18.6 Å².